The first-order valence-electron chi connectivity index (χ1n) is 9.34. The van der Waals surface area contributed by atoms with Crippen molar-refractivity contribution in [3.05, 3.63) is 54.8 Å². The van der Waals surface area contributed by atoms with Gasteiger partial charge in [-0.2, -0.15) is 26.3 Å². The molecule has 1 aliphatic carbocycles. The van der Waals surface area contributed by atoms with Gasteiger partial charge in [0, 0.05) is 31.7 Å². The van der Waals surface area contributed by atoms with Crippen molar-refractivity contribution in [2.75, 3.05) is 0 Å². The summed E-state index contributed by atoms with van der Waals surface area (Å²) in [6.45, 7) is 2.90. The molecule has 0 N–H and O–H groups in total. The molecule has 0 aliphatic heterocycles. The Morgan fingerprint density at radius 1 is 0.667 bits per heavy atom. The van der Waals surface area contributed by atoms with Crippen molar-refractivity contribution in [2.45, 2.75) is 31.6 Å². The van der Waals surface area contributed by atoms with Crippen LogP contribution in [0.3, 0.4) is 0 Å². The van der Waals surface area contributed by atoms with Crippen molar-refractivity contribution in [1.82, 2.24) is 9.97 Å². The molecule has 0 aromatic carbocycles. The second-order valence-corrected chi connectivity index (χ2v) is 11.3. The van der Waals surface area contributed by atoms with Crippen molar-refractivity contribution in [1.29, 1.82) is 0 Å². The standard InChI is InChI=1S/C21H12F6N2S4/c1-9-11(3-15(32-9)13-5-30-7-28-13)17-18(20(24,25)21(26,27)19(17,22)23)12-4-16(33-10(12)2)14-6-31-8-29-14/h3-8H,1-2H3. The molecular weight excluding hydrogens is 523 g/mol. The van der Waals surface area contributed by atoms with Crippen LogP contribution in [0, 0.1) is 13.8 Å². The zero-order valence-corrected chi connectivity index (χ0v) is 20.0. The average Bonchev–Trinajstić information content (AvgIpc) is 3.53. The average molecular weight is 535 g/mol. The minimum atomic E-state index is -5.59. The maximum Gasteiger partial charge on any atom is 0.380 e. The van der Waals surface area contributed by atoms with E-state index in [1.54, 1.807) is 10.8 Å². The lowest BCUT2D eigenvalue weighted by Gasteiger charge is -2.25. The fourth-order valence-corrected chi connectivity index (χ4v) is 7.06. The molecule has 1 aliphatic rings. The van der Waals surface area contributed by atoms with E-state index in [4.69, 9.17) is 0 Å². The number of rotatable bonds is 4. The predicted octanol–water partition coefficient (Wildman–Crippen LogP) is 8.50. The van der Waals surface area contributed by atoms with Gasteiger partial charge in [-0.05, 0) is 37.1 Å². The number of alkyl halides is 6. The SMILES string of the molecule is Cc1sc(-c2cscn2)cc1C1=C(c2cc(-c3cscn3)sc2C)C(F)(F)C(F)(F)C1(F)F. The zero-order valence-electron chi connectivity index (χ0n) is 16.8. The molecule has 0 amide bonds. The minimum Gasteiger partial charge on any atom is -0.244 e. The summed E-state index contributed by atoms with van der Waals surface area (Å²) in [6.07, 6.45) is 0. The van der Waals surface area contributed by atoms with Crippen LogP contribution in [0.25, 0.3) is 32.3 Å². The highest BCUT2D eigenvalue weighted by molar-refractivity contribution is 7.16. The molecule has 0 atom stereocenters. The zero-order chi connectivity index (χ0) is 23.8. The van der Waals surface area contributed by atoms with E-state index in [1.165, 1.54) is 59.7 Å². The highest BCUT2D eigenvalue weighted by atomic mass is 32.1. The first kappa shape index (κ1) is 22.8. The Balaban J connectivity index is 1.80. The molecule has 0 fully saturated rings. The Labute approximate surface area is 199 Å². The van der Waals surface area contributed by atoms with Crippen LogP contribution in [0.2, 0.25) is 0 Å². The lowest BCUT2D eigenvalue weighted by molar-refractivity contribution is -0.254. The molecule has 2 nitrogen and oxygen atoms in total. The molecule has 0 saturated carbocycles. The molecule has 4 aromatic heterocycles. The van der Waals surface area contributed by atoms with E-state index in [-0.39, 0.29) is 20.9 Å². The number of hydrogen-bond donors (Lipinski definition) is 0. The third-order valence-corrected chi connectivity index (χ3v) is 8.73. The van der Waals surface area contributed by atoms with E-state index < -0.39 is 28.9 Å². The van der Waals surface area contributed by atoms with E-state index in [0.29, 0.717) is 21.1 Å². The van der Waals surface area contributed by atoms with Crippen LogP contribution >= 0.6 is 45.3 Å². The van der Waals surface area contributed by atoms with Gasteiger partial charge in [-0.1, -0.05) is 0 Å². The topological polar surface area (TPSA) is 25.8 Å². The normalized spacial score (nSPS) is 18.9. The van der Waals surface area contributed by atoms with Gasteiger partial charge in [0.25, 0.3) is 0 Å². The van der Waals surface area contributed by atoms with Crippen molar-refractivity contribution in [3.8, 4) is 21.1 Å². The highest BCUT2D eigenvalue weighted by Gasteiger charge is 2.80. The molecule has 5 rings (SSSR count). The fraction of sp³-hybridized carbons (Fsp3) is 0.238. The summed E-state index contributed by atoms with van der Waals surface area (Å²) in [5.41, 5.74) is 0.710. The quantitative estimate of drug-likeness (QED) is 0.245. The minimum absolute atomic E-state index is 0.228. The molecule has 12 heteroatoms. The Morgan fingerprint density at radius 2 is 1.06 bits per heavy atom. The summed E-state index contributed by atoms with van der Waals surface area (Å²) in [4.78, 5) is 9.55. The van der Waals surface area contributed by atoms with Crippen LogP contribution in [0.4, 0.5) is 26.3 Å². The van der Waals surface area contributed by atoms with Crippen molar-refractivity contribution < 1.29 is 26.3 Å². The number of thiophene rings is 2. The predicted molar refractivity (Wildman–Crippen MR) is 122 cm³/mol. The number of nitrogens with zero attached hydrogens (tertiary/aromatic N) is 2. The van der Waals surface area contributed by atoms with Crippen LogP contribution in [-0.4, -0.2) is 27.7 Å². The molecule has 4 aromatic rings. The third kappa shape index (κ3) is 3.17. The maximum absolute atomic E-state index is 15.1. The molecule has 4 heterocycles. The van der Waals surface area contributed by atoms with Gasteiger partial charge >= 0.3 is 17.8 Å². The van der Waals surface area contributed by atoms with Gasteiger partial charge in [0.05, 0.1) is 32.2 Å². The summed E-state index contributed by atoms with van der Waals surface area (Å²) >= 11 is 4.64. The van der Waals surface area contributed by atoms with E-state index in [2.05, 4.69) is 9.97 Å². The number of hydrogen-bond acceptors (Lipinski definition) is 6. The second-order valence-electron chi connectivity index (χ2n) is 7.38. The molecule has 33 heavy (non-hydrogen) atoms. The summed E-state index contributed by atoms with van der Waals surface area (Å²) in [6, 6.07) is 2.50. The lowest BCUT2D eigenvalue weighted by atomic mass is 9.95. The van der Waals surface area contributed by atoms with Crippen molar-refractivity contribution in [3.63, 3.8) is 0 Å². The summed E-state index contributed by atoms with van der Waals surface area (Å²) < 4.78 is 89.9. The van der Waals surface area contributed by atoms with Gasteiger partial charge in [-0.3, -0.25) is 0 Å². The largest absolute Gasteiger partial charge is 0.380 e. The Kier molecular flexibility index (Phi) is 5.16. The van der Waals surface area contributed by atoms with Crippen LogP contribution < -0.4 is 0 Å². The third-order valence-electron chi connectivity index (χ3n) is 5.41. The molecule has 172 valence electrons. The highest BCUT2D eigenvalue weighted by Crippen LogP contribution is 2.66. The van der Waals surface area contributed by atoms with Crippen molar-refractivity contribution in [2.24, 2.45) is 0 Å². The number of aryl methyl sites for hydroxylation is 2. The Bertz CT molecular complexity index is 1260. The van der Waals surface area contributed by atoms with Gasteiger partial charge in [-0.25, -0.2) is 9.97 Å². The molecule has 0 spiro atoms. The molecule has 0 bridgehead atoms. The Morgan fingerprint density at radius 3 is 1.39 bits per heavy atom. The summed E-state index contributed by atoms with van der Waals surface area (Å²) in [5.74, 6) is -15.7. The van der Waals surface area contributed by atoms with Crippen LogP contribution in [0.1, 0.15) is 20.9 Å². The fourth-order valence-electron chi connectivity index (χ4n) is 3.81. The number of thiazole rings is 2. The van der Waals surface area contributed by atoms with Crippen molar-refractivity contribution >= 4 is 56.5 Å². The lowest BCUT2D eigenvalue weighted by Crippen LogP contribution is -2.48. The van der Waals surface area contributed by atoms with Crippen LogP contribution in [0.15, 0.2) is 33.9 Å². The number of allylic oxidation sites excluding steroid dienone is 2. The maximum atomic E-state index is 15.1. The van der Waals surface area contributed by atoms with E-state index in [0.717, 1.165) is 22.7 Å². The molecule has 0 unspecified atom stereocenters. The number of halogens is 6. The smallest absolute Gasteiger partial charge is 0.244 e. The van der Waals surface area contributed by atoms with Gasteiger partial charge in [-0.15, -0.1) is 45.3 Å². The van der Waals surface area contributed by atoms with Gasteiger partial charge < -0.3 is 0 Å². The Hall–Kier alpha value is -2.02. The summed E-state index contributed by atoms with van der Waals surface area (Å²) in [7, 11) is 0. The van der Waals surface area contributed by atoms with Gasteiger partial charge in [0.15, 0.2) is 0 Å². The molecular formula is C21H12F6N2S4. The van der Waals surface area contributed by atoms with Crippen LogP contribution in [-0.2, 0) is 0 Å². The first-order valence-corrected chi connectivity index (χ1v) is 12.9. The monoisotopic (exact) mass is 534 g/mol. The van der Waals surface area contributed by atoms with E-state index >= 15 is 17.6 Å². The number of aromatic nitrogens is 2. The molecule has 0 saturated heterocycles. The van der Waals surface area contributed by atoms with Gasteiger partial charge in [0.1, 0.15) is 0 Å². The van der Waals surface area contributed by atoms with Gasteiger partial charge in [0.2, 0.25) is 0 Å². The van der Waals surface area contributed by atoms with Crippen LogP contribution in [0.5, 0.6) is 0 Å². The molecule has 0 radical (unpaired) electrons. The summed E-state index contributed by atoms with van der Waals surface area (Å²) in [5, 5.41) is 3.34. The van der Waals surface area contributed by atoms with E-state index in [1.807, 2.05) is 0 Å². The first-order chi connectivity index (χ1) is 15.5. The van der Waals surface area contributed by atoms with E-state index in [9.17, 15) is 8.78 Å². The second kappa shape index (κ2) is 7.49.